The van der Waals surface area contributed by atoms with Crippen LogP contribution in [0.15, 0.2) is 24.3 Å². The van der Waals surface area contributed by atoms with Gasteiger partial charge in [-0.3, -0.25) is 4.79 Å². The van der Waals surface area contributed by atoms with Crippen LogP contribution >= 0.6 is 0 Å². The first kappa shape index (κ1) is 15.2. The normalized spacial score (nSPS) is 19.6. The van der Waals surface area contributed by atoms with E-state index in [1.54, 1.807) is 13.2 Å². The standard InChI is InChI=1S/C19H16O7/c1-21-16-4-10(5-17-19(16)23-3-2-22-17)11-7-18(20)26-13-8-15-14(6-12(11)13)24-9-25-15/h4-6,8,11H,2-3,7,9H2,1H3/t11-/m0/s1. The van der Waals surface area contributed by atoms with E-state index >= 15 is 0 Å². The second-order valence-corrected chi connectivity index (χ2v) is 6.22. The summed E-state index contributed by atoms with van der Waals surface area (Å²) >= 11 is 0. The highest BCUT2D eigenvalue weighted by molar-refractivity contribution is 5.79. The van der Waals surface area contributed by atoms with E-state index in [4.69, 9.17) is 28.4 Å². The summed E-state index contributed by atoms with van der Waals surface area (Å²) in [5.74, 6) is 3.01. The summed E-state index contributed by atoms with van der Waals surface area (Å²) in [6.07, 6.45) is 0.218. The maximum atomic E-state index is 12.2. The number of hydrogen-bond acceptors (Lipinski definition) is 7. The van der Waals surface area contributed by atoms with Crippen molar-refractivity contribution in [3.63, 3.8) is 0 Å². The Morgan fingerprint density at radius 1 is 0.923 bits per heavy atom. The van der Waals surface area contributed by atoms with Gasteiger partial charge in [0.2, 0.25) is 12.5 Å². The molecule has 3 heterocycles. The number of rotatable bonds is 2. The molecule has 0 amide bonds. The number of methoxy groups -OCH3 is 1. The van der Waals surface area contributed by atoms with Crippen LogP contribution in [0.25, 0.3) is 0 Å². The average Bonchev–Trinajstić information content (AvgIpc) is 3.12. The van der Waals surface area contributed by atoms with Crippen molar-refractivity contribution in [1.29, 1.82) is 0 Å². The SMILES string of the molecule is COc1cc([C@@H]2CC(=O)Oc3cc4c(cc32)OCO4)cc2c1OCCO2. The molecule has 3 aliphatic rings. The third-order valence-electron chi connectivity index (χ3n) is 4.73. The van der Waals surface area contributed by atoms with Crippen molar-refractivity contribution in [3.05, 3.63) is 35.4 Å². The van der Waals surface area contributed by atoms with Crippen molar-refractivity contribution in [3.8, 4) is 34.5 Å². The van der Waals surface area contributed by atoms with E-state index in [1.807, 2.05) is 18.2 Å². The van der Waals surface area contributed by atoms with Crippen LogP contribution in [-0.4, -0.2) is 33.1 Å². The van der Waals surface area contributed by atoms with Crippen LogP contribution in [0, 0.1) is 0 Å². The van der Waals surface area contributed by atoms with Crippen LogP contribution in [0.2, 0.25) is 0 Å². The first-order valence-corrected chi connectivity index (χ1v) is 8.34. The van der Waals surface area contributed by atoms with Gasteiger partial charge in [-0.15, -0.1) is 0 Å². The van der Waals surface area contributed by atoms with Crippen LogP contribution in [0.4, 0.5) is 0 Å². The maximum absolute atomic E-state index is 12.2. The lowest BCUT2D eigenvalue weighted by Crippen LogP contribution is -2.22. The Morgan fingerprint density at radius 2 is 1.73 bits per heavy atom. The highest BCUT2D eigenvalue weighted by Gasteiger charge is 2.33. The molecule has 0 aromatic heterocycles. The molecule has 0 spiro atoms. The molecule has 7 heteroatoms. The van der Waals surface area contributed by atoms with Crippen LogP contribution in [0.1, 0.15) is 23.5 Å². The molecule has 2 aromatic carbocycles. The third-order valence-corrected chi connectivity index (χ3v) is 4.73. The van der Waals surface area contributed by atoms with Crippen molar-refractivity contribution >= 4 is 5.97 Å². The molecule has 26 heavy (non-hydrogen) atoms. The van der Waals surface area contributed by atoms with Crippen molar-refractivity contribution < 1.29 is 33.2 Å². The van der Waals surface area contributed by atoms with Gasteiger partial charge >= 0.3 is 5.97 Å². The van der Waals surface area contributed by atoms with Gasteiger partial charge in [0.25, 0.3) is 0 Å². The van der Waals surface area contributed by atoms with E-state index in [-0.39, 0.29) is 25.1 Å². The molecule has 7 nitrogen and oxygen atoms in total. The van der Waals surface area contributed by atoms with Gasteiger partial charge in [0, 0.05) is 17.5 Å². The number of benzene rings is 2. The fourth-order valence-corrected chi connectivity index (χ4v) is 3.53. The lowest BCUT2D eigenvalue weighted by Gasteiger charge is -2.27. The zero-order valence-electron chi connectivity index (χ0n) is 14.1. The molecule has 5 rings (SSSR count). The summed E-state index contributed by atoms with van der Waals surface area (Å²) < 4.78 is 33.1. The van der Waals surface area contributed by atoms with Gasteiger partial charge in [0.1, 0.15) is 19.0 Å². The molecule has 0 N–H and O–H groups in total. The summed E-state index contributed by atoms with van der Waals surface area (Å²) in [4.78, 5) is 12.2. The van der Waals surface area contributed by atoms with Crippen LogP contribution < -0.4 is 28.4 Å². The van der Waals surface area contributed by atoms with E-state index in [9.17, 15) is 4.79 Å². The Bertz CT molecular complexity index is 888. The Balaban J connectivity index is 1.64. The summed E-state index contributed by atoms with van der Waals surface area (Å²) in [6.45, 7) is 1.11. The van der Waals surface area contributed by atoms with Crippen LogP contribution in [0.5, 0.6) is 34.5 Å². The highest BCUT2D eigenvalue weighted by Crippen LogP contribution is 2.49. The van der Waals surface area contributed by atoms with Crippen molar-refractivity contribution in [1.82, 2.24) is 0 Å². The van der Waals surface area contributed by atoms with Crippen molar-refractivity contribution in [2.45, 2.75) is 12.3 Å². The lowest BCUT2D eigenvalue weighted by molar-refractivity contribution is -0.135. The molecule has 2 aromatic rings. The maximum Gasteiger partial charge on any atom is 0.312 e. The van der Waals surface area contributed by atoms with Gasteiger partial charge in [-0.25, -0.2) is 0 Å². The second-order valence-electron chi connectivity index (χ2n) is 6.22. The fraction of sp³-hybridized carbons (Fsp3) is 0.316. The molecule has 0 unspecified atom stereocenters. The van der Waals surface area contributed by atoms with Crippen molar-refractivity contribution in [2.24, 2.45) is 0 Å². The largest absolute Gasteiger partial charge is 0.493 e. The van der Waals surface area contributed by atoms with E-state index in [0.29, 0.717) is 47.7 Å². The number of carbonyl (C=O) groups excluding carboxylic acids is 1. The molecular formula is C19H16O7. The molecule has 0 fully saturated rings. The minimum absolute atomic E-state index is 0.161. The highest BCUT2D eigenvalue weighted by atomic mass is 16.7. The molecule has 0 radical (unpaired) electrons. The zero-order chi connectivity index (χ0) is 17.7. The second kappa shape index (κ2) is 5.72. The Labute approximate surface area is 149 Å². The molecular weight excluding hydrogens is 340 g/mol. The topological polar surface area (TPSA) is 72.5 Å². The van der Waals surface area contributed by atoms with Gasteiger partial charge in [-0.1, -0.05) is 0 Å². The number of hydrogen-bond donors (Lipinski definition) is 0. The third kappa shape index (κ3) is 2.31. The average molecular weight is 356 g/mol. The van der Waals surface area contributed by atoms with Gasteiger partial charge in [0.15, 0.2) is 23.0 Å². The number of fused-ring (bicyclic) bond motifs is 3. The molecule has 3 aliphatic heterocycles. The van der Waals surface area contributed by atoms with E-state index < -0.39 is 0 Å². The summed E-state index contributed by atoms with van der Waals surface area (Å²) in [7, 11) is 1.58. The molecule has 0 bridgehead atoms. The minimum Gasteiger partial charge on any atom is -0.493 e. The minimum atomic E-state index is -0.296. The van der Waals surface area contributed by atoms with Gasteiger partial charge in [-0.2, -0.15) is 0 Å². The number of esters is 1. The summed E-state index contributed by atoms with van der Waals surface area (Å²) in [6, 6.07) is 7.36. The summed E-state index contributed by atoms with van der Waals surface area (Å²) in [5, 5.41) is 0. The predicted octanol–water partition coefficient (Wildman–Crippen LogP) is 2.64. The molecule has 134 valence electrons. The monoisotopic (exact) mass is 356 g/mol. The van der Waals surface area contributed by atoms with Gasteiger partial charge in [-0.05, 0) is 23.8 Å². The smallest absolute Gasteiger partial charge is 0.312 e. The lowest BCUT2D eigenvalue weighted by atomic mass is 9.85. The van der Waals surface area contributed by atoms with Gasteiger partial charge < -0.3 is 28.4 Å². The number of carbonyl (C=O) groups is 1. The van der Waals surface area contributed by atoms with Crippen molar-refractivity contribution in [2.75, 3.05) is 27.1 Å². The Hall–Kier alpha value is -3.09. The van der Waals surface area contributed by atoms with Crippen LogP contribution in [0.3, 0.4) is 0 Å². The Morgan fingerprint density at radius 3 is 2.58 bits per heavy atom. The molecule has 1 atom stereocenters. The molecule has 0 aliphatic carbocycles. The molecule has 0 saturated heterocycles. The van der Waals surface area contributed by atoms with E-state index in [2.05, 4.69) is 0 Å². The van der Waals surface area contributed by atoms with E-state index in [0.717, 1.165) is 11.1 Å². The molecule has 0 saturated carbocycles. The first-order chi connectivity index (χ1) is 12.7. The quantitative estimate of drug-likeness (QED) is 0.605. The predicted molar refractivity (Wildman–Crippen MR) is 88.6 cm³/mol. The zero-order valence-corrected chi connectivity index (χ0v) is 14.1. The fourth-order valence-electron chi connectivity index (χ4n) is 3.53. The van der Waals surface area contributed by atoms with Gasteiger partial charge in [0.05, 0.1) is 13.5 Å². The van der Waals surface area contributed by atoms with E-state index in [1.165, 1.54) is 0 Å². The van der Waals surface area contributed by atoms with Crippen LogP contribution in [-0.2, 0) is 4.79 Å². The summed E-state index contributed by atoms with van der Waals surface area (Å²) in [5.41, 5.74) is 1.76. The first-order valence-electron chi connectivity index (χ1n) is 8.34. The number of ether oxygens (including phenoxy) is 6. The Kier molecular flexibility index (Phi) is 3.34.